The van der Waals surface area contributed by atoms with Crippen LogP contribution in [0.25, 0.3) is 22.2 Å². The van der Waals surface area contributed by atoms with Crippen molar-refractivity contribution >= 4 is 28.4 Å². The minimum Gasteiger partial charge on any atom is -0.393 e. The number of carbonyl (C=O) groups is 1. The molecule has 8 heteroatoms. The summed E-state index contributed by atoms with van der Waals surface area (Å²) in [4.78, 5) is 15.1. The average molecular weight is 404 g/mol. The van der Waals surface area contributed by atoms with Crippen LogP contribution in [0.5, 0.6) is 0 Å². The number of fused-ring (bicyclic) bond motifs is 1. The van der Waals surface area contributed by atoms with Gasteiger partial charge in [0.2, 0.25) is 5.91 Å². The van der Waals surface area contributed by atoms with Crippen LogP contribution in [0.3, 0.4) is 0 Å². The number of amides is 1. The van der Waals surface area contributed by atoms with Crippen LogP contribution in [0.1, 0.15) is 12.0 Å². The molecule has 0 bridgehead atoms. The van der Waals surface area contributed by atoms with Crippen LogP contribution in [0.15, 0.2) is 36.4 Å². The number of aromatic amines is 1. The van der Waals surface area contributed by atoms with Gasteiger partial charge in [-0.3, -0.25) is 4.79 Å². The Morgan fingerprint density at radius 3 is 2.64 bits per heavy atom. The van der Waals surface area contributed by atoms with Gasteiger partial charge < -0.3 is 15.4 Å². The lowest BCUT2D eigenvalue weighted by Gasteiger charge is -2.09. The molecule has 144 valence electrons. The predicted molar refractivity (Wildman–Crippen MR) is 102 cm³/mol. The number of nitriles is 1. The number of aromatic nitrogens is 1. The van der Waals surface area contributed by atoms with Crippen LogP contribution < -0.4 is 5.32 Å². The zero-order valence-electron chi connectivity index (χ0n) is 14.6. The highest BCUT2D eigenvalue weighted by Gasteiger charge is 2.18. The Balaban J connectivity index is 1.99. The Morgan fingerprint density at radius 2 is 2.00 bits per heavy atom. The van der Waals surface area contributed by atoms with Crippen LogP contribution in [0.4, 0.5) is 8.78 Å². The third-order valence-electron chi connectivity index (χ3n) is 4.34. The molecule has 0 spiro atoms. The van der Waals surface area contributed by atoms with E-state index in [-0.39, 0.29) is 23.4 Å². The summed E-state index contributed by atoms with van der Waals surface area (Å²) < 4.78 is 27.6. The summed E-state index contributed by atoms with van der Waals surface area (Å²) in [6, 6.07) is 9.26. The summed E-state index contributed by atoms with van der Waals surface area (Å²) in [7, 11) is 0. The molecule has 0 aliphatic rings. The average Bonchev–Trinajstić information content (AvgIpc) is 3.03. The lowest BCUT2D eigenvalue weighted by atomic mass is 10.0. The van der Waals surface area contributed by atoms with Crippen molar-refractivity contribution in [2.45, 2.75) is 18.9 Å². The van der Waals surface area contributed by atoms with Crippen molar-refractivity contribution in [3.63, 3.8) is 0 Å². The van der Waals surface area contributed by atoms with Crippen molar-refractivity contribution < 1.29 is 18.7 Å². The monoisotopic (exact) mass is 403 g/mol. The number of halogens is 3. The molecule has 0 aliphatic heterocycles. The lowest BCUT2D eigenvalue weighted by Crippen LogP contribution is -2.36. The summed E-state index contributed by atoms with van der Waals surface area (Å²) in [5.41, 5.74) is 2.08. The van der Waals surface area contributed by atoms with Gasteiger partial charge in [0.05, 0.1) is 18.2 Å². The molecular weight excluding hydrogens is 388 g/mol. The van der Waals surface area contributed by atoms with Gasteiger partial charge in [0.1, 0.15) is 17.7 Å². The number of aliphatic hydroxyl groups excluding tert-OH is 1. The number of benzene rings is 2. The smallest absolute Gasteiger partial charge is 0.221 e. The number of nitrogens with one attached hydrogen (secondary N) is 2. The molecule has 1 amide bonds. The van der Waals surface area contributed by atoms with Crippen molar-refractivity contribution in [1.82, 2.24) is 10.3 Å². The number of carbonyl (C=O) groups excluding carboxylic acids is 1. The summed E-state index contributed by atoms with van der Waals surface area (Å²) in [6.45, 7) is -0.489. The van der Waals surface area contributed by atoms with Crippen LogP contribution in [0.2, 0.25) is 5.02 Å². The van der Waals surface area contributed by atoms with Crippen molar-refractivity contribution in [1.29, 1.82) is 5.26 Å². The molecule has 0 saturated heterocycles. The van der Waals surface area contributed by atoms with Crippen molar-refractivity contribution in [3.05, 3.63) is 58.6 Å². The fraction of sp³-hybridized carbons (Fsp3) is 0.200. The van der Waals surface area contributed by atoms with E-state index < -0.39 is 30.2 Å². The summed E-state index contributed by atoms with van der Waals surface area (Å²) >= 11 is 5.99. The fourth-order valence-corrected chi connectivity index (χ4v) is 3.23. The van der Waals surface area contributed by atoms with E-state index in [1.807, 2.05) is 0 Å². The molecule has 2 aromatic carbocycles. The van der Waals surface area contributed by atoms with E-state index in [4.69, 9.17) is 22.0 Å². The molecule has 0 aliphatic carbocycles. The molecule has 1 atom stereocenters. The molecule has 1 heterocycles. The normalized spacial score (nSPS) is 12.0. The molecule has 1 aromatic heterocycles. The first-order chi connectivity index (χ1) is 13.4. The van der Waals surface area contributed by atoms with E-state index in [1.165, 1.54) is 18.2 Å². The van der Waals surface area contributed by atoms with Crippen molar-refractivity contribution in [2.24, 2.45) is 0 Å². The van der Waals surface area contributed by atoms with Crippen LogP contribution >= 0.6 is 11.6 Å². The number of rotatable bonds is 6. The Bertz CT molecular complexity index is 1060. The van der Waals surface area contributed by atoms with Crippen LogP contribution in [0, 0.1) is 23.0 Å². The number of aliphatic hydroxyl groups is 1. The molecule has 3 rings (SSSR count). The minimum absolute atomic E-state index is 0.00740. The van der Waals surface area contributed by atoms with Gasteiger partial charge in [-0.25, -0.2) is 8.78 Å². The van der Waals surface area contributed by atoms with E-state index in [0.717, 1.165) is 0 Å². The molecule has 0 radical (unpaired) electrons. The van der Waals surface area contributed by atoms with Gasteiger partial charge in [0.15, 0.2) is 0 Å². The minimum atomic E-state index is -0.987. The Kier molecular flexibility index (Phi) is 5.93. The van der Waals surface area contributed by atoms with E-state index in [0.29, 0.717) is 22.2 Å². The van der Waals surface area contributed by atoms with Gasteiger partial charge in [0.25, 0.3) is 0 Å². The third-order valence-corrected chi connectivity index (χ3v) is 4.56. The second-order valence-electron chi connectivity index (χ2n) is 6.23. The van der Waals surface area contributed by atoms with Gasteiger partial charge in [-0.15, -0.1) is 0 Å². The lowest BCUT2D eigenvalue weighted by molar-refractivity contribution is -0.121. The fourth-order valence-electron chi connectivity index (χ4n) is 3.02. The van der Waals surface area contributed by atoms with E-state index >= 15 is 0 Å². The number of H-pyrrole nitrogens is 1. The maximum Gasteiger partial charge on any atom is 0.221 e. The van der Waals surface area contributed by atoms with Crippen molar-refractivity contribution in [3.8, 4) is 17.3 Å². The SMILES string of the molecule is N#CC(CO)NC(=O)CCc1c(-c2ccc(F)cc2)[nH]c2c(F)cc(Cl)cc12. The molecule has 3 N–H and O–H groups in total. The quantitative estimate of drug-likeness (QED) is 0.586. The first-order valence-corrected chi connectivity index (χ1v) is 8.86. The van der Waals surface area contributed by atoms with Crippen LogP contribution in [-0.4, -0.2) is 28.6 Å². The highest BCUT2D eigenvalue weighted by Crippen LogP contribution is 2.34. The molecule has 0 fully saturated rings. The highest BCUT2D eigenvalue weighted by molar-refractivity contribution is 6.31. The second kappa shape index (κ2) is 8.38. The summed E-state index contributed by atoms with van der Waals surface area (Å²) in [5, 5.41) is 21.0. The highest BCUT2D eigenvalue weighted by atomic mass is 35.5. The first kappa shape index (κ1) is 19.8. The van der Waals surface area contributed by atoms with Gasteiger partial charge in [-0.05, 0) is 53.9 Å². The van der Waals surface area contributed by atoms with E-state index in [2.05, 4.69) is 10.3 Å². The number of nitrogens with zero attached hydrogens (tertiary/aromatic N) is 1. The zero-order valence-corrected chi connectivity index (χ0v) is 15.4. The maximum atomic E-state index is 14.4. The number of hydrogen-bond acceptors (Lipinski definition) is 3. The van der Waals surface area contributed by atoms with Gasteiger partial charge >= 0.3 is 0 Å². The van der Waals surface area contributed by atoms with Gasteiger partial charge in [0, 0.05) is 22.5 Å². The second-order valence-corrected chi connectivity index (χ2v) is 6.66. The van der Waals surface area contributed by atoms with Crippen LogP contribution in [-0.2, 0) is 11.2 Å². The topological polar surface area (TPSA) is 88.9 Å². The molecule has 1 unspecified atom stereocenters. The first-order valence-electron chi connectivity index (χ1n) is 8.48. The summed E-state index contributed by atoms with van der Waals surface area (Å²) in [6.07, 6.45) is 0.232. The number of hydrogen-bond donors (Lipinski definition) is 3. The van der Waals surface area contributed by atoms with Gasteiger partial charge in [-0.1, -0.05) is 11.6 Å². The van der Waals surface area contributed by atoms with Gasteiger partial charge in [-0.2, -0.15) is 5.26 Å². The summed E-state index contributed by atoms with van der Waals surface area (Å²) in [5.74, 6) is -1.37. The maximum absolute atomic E-state index is 14.4. The molecule has 0 saturated carbocycles. The molecule has 5 nitrogen and oxygen atoms in total. The molecule has 28 heavy (non-hydrogen) atoms. The largest absolute Gasteiger partial charge is 0.393 e. The predicted octanol–water partition coefficient (Wildman–Crippen LogP) is 3.70. The Hall–Kier alpha value is -2.95. The molecule has 3 aromatic rings. The van der Waals surface area contributed by atoms with E-state index in [1.54, 1.807) is 24.3 Å². The molecular formula is C20H16ClF2N3O2. The Morgan fingerprint density at radius 1 is 1.29 bits per heavy atom. The standard InChI is InChI=1S/C20H16ClF2N3O2/c21-12-7-16-15(5-6-18(28)25-14(9-24)10-27)19(26-20(16)17(23)8-12)11-1-3-13(22)4-2-11/h1-4,7-8,14,26-27H,5-6,10H2,(H,25,28). The number of aryl methyl sites for hydroxylation is 1. The van der Waals surface area contributed by atoms with E-state index in [9.17, 15) is 13.6 Å². The third kappa shape index (κ3) is 4.14. The van der Waals surface area contributed by atoms with Crippen molar-refractivity contribution in [2.75, 3.05) is 6.61 Å². The Labute approximate surface area is 164 Å². The zero-order chi connectivity index (χ0) is 20.3.